The molecule has 0 radical (unpaired) electrons. The van der Waals surface area contributed by atoms with Crippen molar-refractivity contribution in [2.24, 2.45) is 0 Å². The number of carbonyl (C=O) groups is 2. The highest BCUT2D eigenvalue weighted by molar-refractivity contribution is 6.75. The molecular formula is C26H44O4Si. The normalized spacial score (nSPS) is 11.9. The summed E-state index contributed by atoms with van der Waals surface area (Å²) in [6, 6.07) is 6.79. The molecule has 0 saturated heterocycles. The Kier molecular flexibility index (Phi) is 12.1. The van der Waals surface area contributed by atoms with Crippen molar-refractivity contribution in [3.63, 3.8) is 0 Å². The van der Waals surface area contributed by atoms with Crippen LogP contribution in [0.25, 0.3) is 0 Å². The van der Waals surface area contributed by atoms with Crippen molar-refractivity contribution < 1.29 is 18.8 Å². The van der Waals surface area contributed by atoms with E-state index in [1.54, 1.807) is 24.3 Å². The van der Waals surface area contributed by atoms with Crippen molar-refractivity contribution in [2.45, 2.75) is 110 Å². The van der Waals surface area contributed by atoms with Gasteiger partial charge in [0.2, 0.25) is 0 Å². The number of benzene rings is 1. The van der Waals surface area contributed by atoms with Crippen LogP contribution < -0.4 is 0 Å². The minimum atomic E-state index is -2.27. The summed E-state index contributed by atoms with van der Waals surface area (Å²) in [5.41, 5.74) is 0.582. The van der Waals surface area contributed by atoms with E-state index in [2.05, 4.69) is 27.7 Å². The molecule has 0 N–H and O–H groups in total. The van der Waals surface area contributed by atoms with E-state index in [1.165, 1.54) is 51.4 Å². The average molecular weight is 449 g/mol. The molecule has 0 aliphatic heterocycles. The fourth-order valence-electron chi connectivity index (χ4n) is 3.11. The third-order valence-corrected chi connectivity index (χ3v) is 10.6. The summed E-state index contributed by atoms with van der Waals surface area (Å²) < 4.78 is 11.3. The van der Waals surface area contributed by atoms with Crippen molar-refractivity contribution in [1.82, 2.24) is 0 Å². The van der Waals surface area contributed by atoms with Crippen molar-refractivity contribution in [3.05, 3.63) is 35.4 Å². The largest absolute Gasteiger partial charge is 0.516 e. The number of hydrogen-bond acceptors (Lipinski definition) is 4. The van der Waals surface area contributed by atoms with Crippen LogP contribution in [0, 0.1) is 0 Å². The summed E-state index contributed by atoms with van der Waals surface area (Å²) in [7, 11) is -2.27. The molecule has 0 fully saturated rings. The van der Waals surface area contributed by atoms with Gasteiger partial charge >= 0.3 is 11.9 Å². The maximum atomic E-state index is 12.8. The van der Waals surface area contributed by atoms with Gasteiger partial charge in [-0.2, -0.15) is 0 Å². The molecule has 0 unspecified atom stereocenters. The van der Waals surface area contributed by atoms with E-state index >= 15 is 0 Å². The van der Waals surface area contributed by atoms with Gasteiger partial charge in [0.25, 0.3) is 8.32 Å². The van der Waals surface area contributed by atoms with Gasteiger partial charge in [0, 0.05) is 0 Å². The molecule has 1 aromatic carbocycles. The van der Waals surface area contributed by atoms with Gasteiger partial charge in [0.15, 0.2) is 0 Å². The Bertz CT molecular complexity index is 676. The lowest BCUT2D eigenvalue weighted by atomic mass is 10.1. The second kappa shape index (κ2) is 13.7. The number of unbranched alkanes of at least 4 members (excludes halogenated alkanes) is 9. The Morgan fingerprint density at radius 3 is 1.71 bits per heavy atom. The summed E-state index contributed by atoms with van der Waals surface area (Å²) >= 11 is 0. The zero-order valence-corrected chi connectivity index (χ0v) is 21.7. The first kappa shape index (κ1) is 27.4. The highest BCUT2D eigenvalue weighted by Crippen LogP contribution is 2.37. The highest BCUT2D eigenvalue weighted by atomic mass is 28.4. The summed E-state index contributed by atoms with van der Waals surface area (Å²) in [5, 5.41) is -0.0897. The molecule has 1 rings (SSSR count). The summed E-state index contributed by atoms with van der Waals surface area (Å²) in [5.74, 6) is -0.878. The molecule has 0 spiro atoms. The standard InChI is InChI=1S/C26H44O4Si/c1-7-8-9-10-11-12-13-14-15-18-21-29-24(27)22-19-16-17-20-23(22)25(28)30-31(5,6)26(2,3)4/h16-17,19-20H,7-15,18,21H2,1-6H3. The smallest absolute Gasteiger partial charge is 0.339 e. The minimum Gasteiger partial charge on any atom is -0.516 e. The highest BCUT2D eigenvalue weighted by Gasteiger charge is 2.41. The second-order valence-electron chi connectivity index (χ2n) is 10.0. The van der Waals surface area contributed by atoms with Gasteiger partial charge in [0.05, 0.1) is 17.7 Å². The van der Waals surface area contributed by atoms with Crippen LogP contribution >= 0.6 is 0 Å². The van der Waals surface area contributed by atoms with Crippen LogP contribution in [-0.4, -0.2) is 26.9 Å². The topological polar surface area (TPSA) is 52.6 Å². The molecule has 176 valence electrons. The summed E-state index contributed by atoms with van der Waals surface area (Å²) in [4.78, 5) is 25.4. The van der Waals surface area contributed by atoms with Crippen LogP contribution in [-0.2, 0) is 9.16 Å². The molecule has 0 amide bonds. The van der Waals surface area contributed by atoms with E-state index in [4.69, 9.17) is 9.16 Å². The first-order valence-electron chi connectivity index (χ1n) is 12.1. The van der Waals surface area contributed by atoms with Crippen LogP contribution in [0.1, 0.15) is 113 Å². The quantitative estimate of drug-likeness (QED) is 0.165. The van der Waals surface area contributed by atoms with E-state index in [-0.39, 0.29) is 5.04 Å². The molecule has 0 aromatic heterocycles. The minimum absolute atomic E-state index is 0.0897. The zero-order valence-electron chi connectivity index (χ0n) is 20.7. The van der Waals surface area contributed by atoms with Crippen molar-refractivity contribution in [3.8, 4) is 0 Å². The SMILES string of the molecule is CCCCCCCCCCCCOC(=O)c1ccccc1C(=O)O[Si](C)(C)C(C)(C)C. The van der Waals surface area contributed by atoms with Crippen LogP contribution in [0.4, 0.5) is 0 Å². The molecule has 0 bridgehead atoms. The van der Waals surface area contributed by atoms with Crippen LogP contribution in [0.3, 0.4) is 0 Å². The average Bonchev–Trinajstić information content (AvgIpc) is 2.70. The van der Waals surface area contributed by atoms with Gasteiger partial charge in [-0.3, -0.25) is 0 Å². The molecule has 0 atom stereocenters. The van der Waals surface area contributed by atoms with Crippen molar-refractivity contribution in [1.29, 1.82) is 0 Å². The van der Waals surface area contributed by atoms with Crippen LogP contribution in [0.5, 0.6) is 0 Å². The lowest BCUT2D eigenvalue weighted by Crippen LogP contribution is -2.42. The molecule has 0 heterocycles. The predicted molar refractivity (Wildman–Crippen MR) is 131 cm³/mol. The Balaban J connectivity index is 2.42. The molecule has 31 heavy (non-hydrogen) atoms. The number of rotatable bonds is 14. The fraction of sp³-hybridized carbons (Fsp3) is 0.692. The number of carbonyl (C=O) groups excluding carboxylic acids is 2. The van der Waals surface area contributed by atoms with E-state index in [9.17, 15) is 9.59 Å². The third-order valence-electron chi connectivity index (χ3n) is 6.25. The van der Waals surface area contributed by atoms with Gasteiger partial charge < -0.3 is 9.16 Å². The zero-order chi connectivity index (χ0) is 23.3. The lowest BCUT2D eigenvalue weighted by molar-refractivity contribution is 0.0488. The van der Waals surface area contributed by atoms with Gasteiger partial charge in [-0.15, -0.1) is 0 Å². The van der Waals surface area contributed by atoms with Crippen LogP contribution in [0.15, 0.2) is 24.3 Å². The summed E-state index contributed by atoms with van der Waals surface area (Å²) in [6.07, 6.45) is 12.3. The molecule has 1 aromatic rings. The van der Waals surface area contributed by atoms with E-state index in [1.807, 2.05) is 13.1 Å². The number of ether oxygens (including phenoxy) is 1. The fourth-order valence-corrected chi connectivity index (χ4v) is 3.99. The first-order chi connectivity index (χ1) is 14.6. The van der Waals surface area contributed by atoms with Crippen LogP contribution in [0.2, 0.25) is 18.1 Å². The van der Waals surface area contributed by atoms with Crippen molar-refractivity contribution in [2.75, 3.05) is 6.61 Å². The Morgan fingerprint density at radius 1 is 0.774 bits per heavy atom. The molecule has 0 aliphatic carbocycles. The predicted octanol–water partition coefficient (Wildman–Crippen LogP) is 7.93. The molecule has 4 nitrogen and oxygen atoms in total. The van der Waals surface area contributed by atoms with E-state index < -0.39 is 20.3 Å². The van der Waals surface area contributed by atoms with Crippen molar-refractivity contribution >= 4 is 20.3 Å². The number of hydrogen-bond donors (Lipinski definition) is 0. The lowest BCUT2D eigenvalue weighted by Gasteiger charge is -2.35. The van der Waals surface area contributed by atoms with E-state index in [0.29, 0.717) is 17.7 Å². The first-order valence-corrected chi connectivity index (χ1v) is 15.0. The summed E-state index contributed by atoms with van der Waals surface area (Å²) in [6.45, 7) is 12.9. The van der Waals surface area contributed by atoms with Gasteiger partial charge in [-0.1, -0.05) is 97.6 Å². The molecular weight excluding hydrogens is 404 g/mol. The van der Waals surface area contributed by atoms with E-state index in [0.717, 1.165) is 12.8 Å². The Hall–Kier alpha value is -1.62. The van der Waals surface area contributed by atoms with Gasteiger partial charge in [0.1, 0.15) is 0 Å². The Labute approximate surface area is 191 Å². The maximum absolute atomic E-state index is 12.8. The Morgan fingerprint density at radius 2 is 1.23 bits per heavy atom. The van der Waals surface area contributed by atoms with Gasteiger partial charge in [-0.05, 0) is 36.7 Å². The second-order valence-corrected chi connectivity index (χ2v) is 14.7. The third kappa shape index (κ3) is 10.0. The maximum Gasteiger partial charge on any atom is 0.339 e. The molecule has 0 saturated carbocycles. The molecule has 0 aliphatic rings. The van der Waals surface area contributed by atoms with Gasteiger partial charge in [-0.25, -0.2) is 9.59 Å². The monoisotopic (exact) mass is 448 g/mol. The molecule has 5 heteroatoms. The number of esters is 1.